The van der Waals surface area contributed by atoms with Crippen LogP contribution in [0, 0.1) is 17.8 Å². The number of nitrogens with zero attached hydrogens (tertiary/aromatic N) is 2. The van der Waals surface area contributed by atoms with Gasteiger partial charge in [0.25, 0.3) is 17.7 Å². The van der Waals surface area contributed by atoms with Crippen LogP contribution in [0.1, 0.15) is 46.9 Å². The lowest BCUT2D eigenvalue weighted by atomic mass is 9.76. The van der Waals surface area contributed by atoms with Crippen LogP contribution in [0.15, 0.2) is 42.5 Å². The molecular weight excluding hydrogens is 479 g/mol. The number of benzene rings is 2. The van der Waals surface area contributed by atoms with Gasteiger partial charge in [-0.25, -0.2) is 5.01 Å². The van der Waals surface area contributed by atoms with Gasteiger partial charge in [-0.3, -0.25) is 19.2 Å². The highest BCUT2D eigenvalue weighted by Crippen LogP contribution is 2.41. The molecule has 2 aromatic carbocycles. The van der Waals surface area contributed by atoms with E-state index < -0.39 is 41.9 Å². The Kier molecular flexibility index (Phi) is 6.96. The van der Waals surface area contributed by atoms with Crippen molar-refractivity contribution < 1.29 is 23.9 Å². The van der Waals surface area contributed by atoms with Crippen LogP contribution >= 0.6 is 23.2 Å². The van der Waals surface area contributed by atoms with Crippen molar-refractivity contribution in [2.45, 2.75) is 26.2 Å². The number of rotatable bonds is 6. The van der Waals surface area contributed by atoms with Gasteiger partial charge in [-0.15, -0.1) is 0 Å². The minimum Gasteiger partial charge on any atom is -0.497 e. The van der Waals surface area contributed by atoms with Gasteiger partial charge in [0.1, 0.15) is 12.3 Å². The number of hydrogen-bond acceptors (Lipinski definition) is 5. The molecule has 2 aromatic rings. The van der Waals surface area contributed by atoms with Gasteiger partial charge in [-0.05, 0) is 55.5 Å². The molecule has 0 radical (unpaired) electrons. The molecule has 178 valence electrons. The van der Waals surface area contributed by atoms with Crippen molar-refractivity contribution >= 4 is 46.7 Å². The number of carbonyl (C=O) groups excluding carboxylic acids is 4. The van der Waals surface area contributed by atoms with Crippen LogP contribution in [0.5, 0.6) is 5.75 Å². The number of ether oxygens (including phenoxy) is 1. The van der Waals surface area contributed by atoms with Crippen LogP contribution in [-0.4, -0.2) is 47.2 Å². The molecule has 3 amide bonds. The Hall–Kier alpha value is -2.90. The predicted octanol–water partition coefficient (Wildman–Crippen LogP) is 4.66. The summed E-state index contributed by atoms with van der Waals surface area (Å²) < 4.78 is 5.18. The minimum absolute atomic E-state index is 0.0355. The molecule has 34 heavy (non-hydrogen) atoms. The van der Waals surface area contributed by atoms with Crippen molar-refractivity contribution in [1.29, 1.82) is 0 Å². The fourth-order valence-corrected chi connectivity index (χ4v) is 5.16. The number of halogens is 2. The van der Waals surface area contributed by atoms with Crippen molar-refractivity contribution in [2.75, 3.05) is 13.7 Å². The zero-order valence-electron chi connectivity index (χ0n) is 18.8. The highest BCUT2D eigenvalue weighted by Gasteiger charge is 2.53. The molecule has 0 N–H and O–H groups in total. The topological polar surface area (TPSA) is 84.0 Å². The Morgan fingerprint density at radius 3 is 2.50 bits per heavy atom. The number of imide groups is 1. The van der Waals surface area contributed by atoms with E-state index in [9.17, 15) is 19.2 Å². The van der Waals surface area contributed by atoms with Gasteiger partial charge < -0.3 is 4.74 Å². The molecule has 0 aromatic heterocycles. The van der Waals surface area contributed by atoms with E-state index in [1.807, 2.05) is 6.92 Å². The van der Waals surface area contributed by atoms with E-state index >= 15 is 0 Å². The maximum Gasteiger partial charge on any atom is 0.274 e. The quantitative estimate of drug-likeness (QED) is 0.423. The molecule has 2 fully saturated rings. The second kappa shape index (κ2) is 9.76. The van der Waals surface area contributed by atoms with Gasteiger partial charge in [0, 0.05) is 10.6 Å². The van der Waals surface area contributed by atoms with Gasteiger partial charge in [-0.1, -0.05) is 42.3 Å². The molecule has 2 aliphatic rings. The molecule has 0 spiro atoms. The largest absolute Gasteiger partial charge is 0.497 e. The van der Waals surface area contributed by atoms with Crippen molar-refractivity contribution in [3.8, 4) is 5.75 Å². The molecule has 1 saturated carbocycles. The molecule has 0 bridgehead atoms. The summed E-state index contributed by atoms with van der Waals surface area (Å²) in [4.78, 5) is 53.4. The van der Waals surface area contributed by atoms with Crippen molar-refractivity contribution in [2.24, 2.45) is 17.8 Å². The minimum atomic E-state index is -0.730. The number of fused-ring (bicyclic) bond motifs is 1. The first-order valence-corrected chi connectivity index (χ1v) is 11.8. The number of ketones is 1. The van der Waals surface area contributed by atoms with Crippen LogP contribution in [0.3, 0.4) is 0 Å². The first kappa shape index (κ1) is 24.2. The summed E-state index contributed by atoms with van der Waals surface area (Å²) in [6, 6.07) is 10.7. The highest BCUT2D eigenvalue weighted by molar-refractivity contribution is 6.36. The van der Waals surface area contributed by atoms with Gasteiger partial charge >= 0.3 is 0 Å². The summed E-state index contributed by atoms with van der Waals surface area (Å²) in [7, 11) is 1.48. The number of Topliss-reactive ketones (excluding diaryl/α,β-unsaturated/α-hetero) is 1. The fourth-order valence-electron chi connectivity index (χ4n) is 4.67. The Balaban J connectivity index is 1.72. The normalized spacial score (nSPS) is 21.9. The van der Waals surface area contributed by atoms with Crippen LogP contribution in [0.4, 0.5) is 0 Å². The first-order valence-electron chi connectivity index (χ1n) is 11.0. The Bertz CT molecular complexity index is 1170. The maximum absolute atomic E-state index is 13.6. The lowest BCUT2D eigenvalue weighted by molar-refractivity contribution is -0.154. The van der Waals surface area contributed by atoms with E-state index in [0.717, 1.165) is 16.4 Å². The van der Waals surface area contributed by atoms with Gasteiger partial charge in [0.15, 0.2) is 5.78 Å². The molecule has 7 nitrogen and oxygen atoms in total. The summed E-state index contributed by atoms with van der Waals surface area (Å²) in [6.45, 7) is 1.52. The van der Waals surface area contributed by atoms with E-state index in [0.29, 0.717) is 29.5 Å². The van der Waals surface area contributed by atoms with Crippen molar-refractivity contribution in [3.63, 3.8) is 0 Å². The average Bonchev–Trinajstić information content (AvgIpc) is 3.06. The molecule has 3 atom stereocenters. The SMILES string of the molecule is COc1cccc(C(=O)CN(C(=O)c2ccc(Cl)cc2Cl)N2C(=O)[C@@H]3CC[C@@H](C)C[C@H]3C2=O)c1. The number of hydrogen-bond donors (Lipinski definition) is 0. The van der Waals surface area contributed by atoms with E-state index in [1.165, 1.54) is 31.4 Å². The summed E-state index contributed by atoms with van der Waals surface area (Å²) in [5, 5.41) is 2.17. The van der Waals surface area contributed by atoms with Gasteiger partial charge in [-0.2, -0.15) is 5.01 Å². The third-order valence-electron chi connectivity index (χ3n) is 6.49. The standard InChI is InChI=1S/C25H24Cl2N2O5/c1-14-6-8-18-20(10-14)25(33)29(24(18)32)28(23(31)19-9-7-16(26)12-21(19)27)13-22(30)15-4-3-5-17(11-15)34-2/h3-5,7,9,11-12,14,18,20H,6,8,10,13H2,1-2H3/t14-,18-,20-/m1/s1. The second-order valence-corrected chi connectivity index (χ2v) is 9.61. The number of amides is 3. The number of carbonyl (C=O) groups is 4. The van der Waals surface area contributed by atoms with Crippen LogP contribution in [0.2, 0.25) is 10.0 Å². The summed E-state index contributed by atoms with van der Waals surface area (Å²) in [5.41, 5.74) is 0.317. The lowest BCUT2D eigenvalue weighted by Gasteiger charge is -2.30. The molecule has 1 heterocycles. The fraction of sp³-hybridized carbons (Fsp3) is 0.360. The van der Waals surface area contributed by atoms with E-state index in [2.05, 4.69) is 0 Å². The lowest BCUT2D eigenvalue weighted by Crippen LogP contribution is -2.52. The number of hydrazine groups is 1. The predicted molar refractivity (Wildman–Crippen MR) is 127 cm³/mol. The van der Waals surface area contributed by atoms with Crippen LogP contribution in [-0.2, 0) is 9.59 Å². The zero-order chi connectivity index (χ0) is 24.6. The molecule has 1 aliphatic heterocycles. The van der Waals surface area contributed by atoms with E-state index in [-0.39, 0.29) is 16.1 Å². The summed E-state index contributed by atoms with van der Waals surface area (Å²) in [5.74, 6) is -2.33. The molecule has 1 saturated heterocycles. The summed E-state index contributed by atoms with van der Waals surface area (Å²) in [6.07, 6.45) is 1.97. The van der Waals surface area contributed by atoms with Gasteiger partial charge in [0.05, 0.1) is 29.5 Å². The van der Waals surface area contributed by atoms with Gasteiger partial charge in [0.2, 0.25) is 0 Å². The van der Waals surface area contributed by atoms with Crippen molar-refractivity contribution in [1.82, 2.24) is 10.0 Å². The monoisotopic (exact) mass is 502 g/mol. The third-order valence-corrected chi connectivity index (χ3v) is 7.03. The highest BCUT2D eigenvalue weighted by atomic mass is 35.5. The smallest absolute Gasteiger partial charge is 0.274 e. The Morgan fingerprint density at radius 1 is 1.06 bits per heavy atom. The van der Waals surface area contributed by atoms with E-state index in [1.54, 1.807) is 18.2 Å². The molecule has 9 heteroatoms. The Morgan fingerprint density at radius 2 is 1.79 bits per heavy atom. The average molecular weight is 503 g/mol. The molecule has 4 rings (SSSR count). The van der Waals surface area contributed by atoms with Crippen LogP contribution in [0.25, 0.3) is 0 Å². The maximum atomic E-state index is 13.6. The van der Waals surface area contributed by atoms with Crippen molar-refractivity contribution in [3.05, 3.63) is 63.6 Å². The Labute approximate surface area is 207 Å². The number of methoxy groups -OCH3 is 1. The molecular formula is C25H24Cl2N2O5. The zero-order valence-corrected chi connectivity index (χ0v) is 20.3. The second-order valence-electron chi connectivity index (χ2n) is 8.76. The van der Waals surface area contributed by atoms with E-state index in [4.69, 9.17) is 27.9 Å². The first-order chi connectivity index (χ1) is 16.2. The molecule has 0 unspecified atom stereocenters. The summed E-state index contributed by atoms with van der Waals surface area (Å²) >= 11 is 12.2. The molecule has 1 aliphatic carbocycles. The van der Waals surface area contributed by atoms with Crippen LogP contribution < -0.4 is 4.74 Å². The third kappa shape index (κ3) is 4.55.